The molecule has 0 aliphatic carbocycles. The van der Waals surface area contributed by atoms with Crippen molar-refractivity contribution >= 4 is 21.7 Å². The third-order valence-electron chi connectivity index (χ3n) is 0.992. The van der Waals surface area contributed by atoms with E-state index in [0.29, 0.717) is 0 Å². The van der Waals surface area contributed by atoms with Crippen LogP contribution in [0.2, 0.25) is 0 Å². The summed E-state index contributed by atoms with van der Waals surface area (Å²) in [6.45, 7) is 0. The van der Waals surface area contributed by atoms with Crippen molar-refractivity contribution in [2.75, 3.05) is 0 Å². The fourth-order valence-corrected chi connectivity index (χ4v) is 0.993. The molecule has 0 aliphatic rings. The van der Waals surface area contributed by atoms with Crippen LogP contribution in [0.3, 0.4) is 0 Å². The van der Waals surface area contributed by atoms with Crippen molar-refractivity contribution in [1.29, 1.82) is 0 Å². The summed E-state index contributed by atoms with van der Waals surface area (Å²) in [5.41, 5.74) is 0. The largest absolute Gasteiger partial charge is 0.394 e. The Morgan fingerprint density at radius 3 is 1.44 bits per heavy atom. The summed E-state index contributed by atoms with van der Waals surface area (Å²) in [4.78, 5) is 3.78. The first-order valence-corrected chi connectivity index (χ1v) is 6.36. The molecule has 0 bridgehead atoms. The second kappa shape index (κ2) is 8.98. The Balaban J connectivity index is 0.000000213. The Morgan fingerprint density at radius 1 is 0.875 bits per heavy atom. The van der Waals surface area contributed by atoms with Gasteiger partial charge in [0, 0.05) is 12.4 Å². The highest BCUT2D eigenvalue weighted by Gasteiger charge is 1.84. The minimum atomic E-state index is -4.67. The predicted molar refractivity (Wildman–Crippen MR) is 62.7 cm³/mol. The summed E-state index contributed by atoms with van der Waals surface area (Å²) in [6.07, 6.45) is 3.50. The number of hydrogen-bond donors (Lipinski definition) is 2. The summed E-state index contributed by atoms with van der Waals surface area (Å²) >= 11 is 1.71. The molecular weight excluding hydrogens is 250 g/mol. The standard InChI is InChI=1S/C5H5N.C4H4S.H2O4S/c1-2-4-6-5-3-1;1-2-4-5-3-1;1-5(2,3)4/h1-5H;1-4H;(H2,1,2,3,4). The van der Waals surface area contributed by atoms with E-state index in [9.17, 15) is 0 Å². The summed E-state index contributed by atoms with van der Waals surface area (Å²) in [5.74, 6) is 0. The maximum absolute atomic E-state index is 8.74. The Labute approximate surface area is 98.0 Å². The first-order valence-electron chi connectivity index (χ1n) is 4.02. The fraction of sp³-hybridized carbons (Fsp3) is 0. The molecule has 7 heteroatoms. The highest BCUT2D eigenvalue weighted by atomic mass is 32.3. The van der Waals surface area contributed by atoms with Gasteiger partial charge in [0.05, 0.1) is 0 Å². The van der Waals surface area contributed by atoms with Crippen LogP contribution < -0.4 is 0 Å². The van der Waals surface area contributed by atoms with Gasteiger partial charge in [-0.3, -0.25) is 14.1 Å². The molecule has 0 amide bonds. The molecule has 0 aromatic carbocycles. The van der Waals surface area contributed by atoms with E-state index in [0.717, 1.165) is 0 Å². The summed E-state index contributed by atoms with van der Waals surface area (Å²) < 4.78 is 31.6. The van der Waals surface area contributed by atoms with Crippen molar-refractivity contribution in [3.63, 3.8) is 0 Å². The molecule has 0 radical (unpaired) electrons. The van der Waals surface area contributed by atoms with Gasteiger partial charge in [0.1, 0.15) is 0 Å². The average Bonchev–Trinajstić information content (AvgIpc) is 2.75. The van der Waals surface area contributed by atoms with Gasteiger partial charge in [0.25, 0.3) is 0 Å². The monoisotopic (exact) mass is 261 g/mol. The van der Waals surface area contributed by atoms with Crippen LogP contribution in [0, 0.1) is 0 Å². The lowest BCUT2D eigenvalue weighted by atomic mass is 10.5. The van der Waals surface area contributed by atoms with Crippen LogP contribution in [0.25, 0.3) is 0 Å². The van der Waals surface area contributed by atoms with Gasteiger partial charge < -0.3 is 0 Å². The number of pyridine rings is 1. The zero-order chi connectivity index (χ0) is 12.3. The van der Waals surface area contributed by atoms with Crippen molar-refractivity contribution in [3.8, 4) is 0 Å². The zero-order valence-corrected chi connectivity index (χ0v) is 9.80. The molecule has 2 rings (SSSR count). The number of hydrogen-bond acceptors (Lipinski definition) is 4. The zero-order valence-electron chi connectivity index (χ0n) is 8.17. The van der Waals surface area contributed by atoms with Crippen molar-refractivity contribution in [2.45, 2.75) is 0 Å². The van der Waals surface area contributed by atoms with Crippen molar-refractivity contribution in [1.82, 2.24) is 4.98 Å². The lowest BCUT2D eigenvalue weighted by molar-refractivity contribution is 0.381. The first-order chi connectivity index (χ1) is 7.50. The lowest BCUT2D eigenvalue weighted by Gasteiger charge is -1.70. The molecule has 5 nitrogen and oxygen atoms in total. The summed E-state index contributed by atoms with van der Waals surface area (Å²) in [6, 6.07) is 9.75. The number of aromatic nitrogens is 1. The van der Waals surface area contributed by atoms with E-state index in [2.05, 4.69) is 4.98 Å². The molecule has 88 valence electrons. The Morgan fingerprint density at radius 2 is 1.31 bits per heavy atom. The molecule has 2 N–H and O–H groups in total. The van der Waals surface area contributed by atoms with Crippen LogP contribution in [0.5, 0.6) is 0 Å². The molecule has 0 saturated heterocycles. The van der Waals surface area contributed by atoms with Gasteiger partial charge >= 0.3 is 10.4 Å². The topological polar surface area (TPSA) is 87.5 Å². The summed E-state index contributed by atoms with van der Waals surface area (Å²) in [5, 5.41) is 4.08. The molecule has 2 heterocycles. The molecule has 0 unspecified atom stereocenters. The van der Waals surface area contributed by atoms with Crippen LogP contribution >= 0.6 is 11.3 Å². The van der Waals surface area contributed by atoms with E-state index < -0.39 is 10.4 Å². The average molecular weight is 261 g/mol. The van der Waals surface area contributed by atoms with E-state index >= 15 is 0 Å². The van der Waals surface area contributed by atoms with Gasteiger partial charge in [0.15, 0.2) is 0 Å². The highest BCUT2D eigenvalue weighted by Crippen LogP contribution is 1.91. The molecule has 0 spiro atoms. The van der Waals surface area contributed by atoms with Gasteiger partial charge in [-0.25, -0.2) is 0 Å². The molecule has 0 atom stereocenters. The minimum Gasteiger partial charge on any atom is -0.265 e. The third kappa shape index (κ3) is 18.5. The van der Waals surface area contributed by atoms with Crippen LogP contribution in [0.4, 0.5) is 0 Å². The van der Waals surface area contributed by atoms with E-state index in [1.165, 1.54) is 0 Å². The third-order valence-corrected chi connectivity index (χ3v) is 1.62. The van der Waals surface area contributed by atoms with Crippen LogP contribution in [0.1, 0.15) is 0 Å². The van der Waals surface area contributed by atoms with Crippen molar-refractivity contribution in [2.24, 2.45) is 0 Å². The minimum absolute atomic E-state index is 1.71. The van der Waals surface area contributed by atoms with Gasteiger partial charge in [-0.2, -0.15) is 19.8 Å². The first kappa shape index (κ1) is 14.7. The lowest BCUT2D eigenvalue weighted by Crippen LogP contribution is -1.89. The normalized spacial score (nSPS) is 9.12. The molecule has 0 fully saturated rings. The predicted octanol–water partition coefficient (Wildman–Crippen LogP) is 2.18. The quantitative estimate of drug-likeness (QED) is 0.710. The maximum atomic E-state index is 8.74. The molecule has 2 aromatic heterocycles. The fourth-order valence-electron chi connectivity index (χ4n) is 0.539. The van der Waals surface area contributed by atoms with Gasteiger partial charge in [-0.15, -0.1) is 0 Å². The smallest absolute Gasteiger partial charge is 0.265 e. The van der Waals surface area contributed by atoms with Gasteiger partial charge in [-0.05, 0) is 22.9 Å². The van der Waals surface area contributed by atoms with E-state index in [-0.39, 0.29) is 0 Å². The van der Waals surface area contributed by atoms with Crippen molar-refractivity contribution < 1.29 is 17.5 Å². The van der Waals surface area contributed by atoms with E-state index in [1.807, 2.05) is 41.1 Å². The van der Waals surface area contributed by atoms with Crippen LogP contribution in [-0.4, -0.2) is 22.5 Å². The van der Waals surface area contributed by atoms with Gasteiger partial charge in [-0.1, -0.05) is 18.2 Å². The number of thiophene rings is 1. The van der Waals surface area contributed by atoms with Crippen molar-refractivity contribution in [3.05, 3.63) is 53.5 Å². The van der Waals surface area contributed by atoms with Crippen LogP contribution in [-0.2, 0) is 10.4 Å². The van der Waals surface area contributed by atoms with Crippen LogP contribution in [0.15, 0.2) is 53.5 Å². The molecular formula is C9H11NO4S2. The number of rotatable bonds is 0. The second-order valence-electron chi connectivity index (χ2n) is 2.27. The number of nitrogens with zero attached hydrogens (tertiary/aromatic N) is 1. The molecule has 2 aromatic rings. The second-order valence-corrected chi connectivity index (χ2v) is 3.98. The SMILES string of the molecule is O=S(=O)(O)O.c1ccncc1.c1ccsc1. The Kier molecular flexibility index (Phi) is 8.26. The highest BCUT2D eigenvalue weighted by molar-refractivity contribution is 7.79. The van der Waals surface area contributed by atoms with Gasteiger partial charge in [0.2, 0.25) is 0 Å². The molecule has 16 heavy (non-hydrogen) atoms. The van der Waals surface area contributed by atoms with E-state index in [1.54, 1.807) is 23.7 Å². The summed E-state index contributed by atoms with van der Waals surface area (Å²) in [7, 11) is -4.67. The maximum Gasteiger partial charge on any atom is 0.394 e. The Hall–Kier alpha value is -1.28. The van der Waals surface area contributed by atoms with E-state index in [4.69, 9.17) is 17.5 Å². The molecule has 0 saturated carbocycles. The molecule has 0 aliphatic heterocycles. The Bertz CT molecular complexity index is 376.